The van der Waals surface area contributed by atoms with Crippen LogP contribution in [0, 0.1) is 24.7 Å². The Morgan fingerprint density at radius 1 is 1.25 bits per heavy atom. The summed E-state index contributed by atoms with van der Waals surface area (Å²) in [5.41, 5.74) is 3.06. The normalized spacial score (nSPS) is 24.7. The molecule has 1 N–H and O–H groups in total. The molecule has 2 aromatic rings. The average molecular weight is 342 g/mol. The van der Waals surface area contributed by atoms with Gasteiger partial charge in [0.2, 0.25) is 5.91 Å². The van der Waals surface area contributed by atoms with Crippen LogP contribution in [0.15, 0.2) is 29.6 Å². The molecule has 2 heterocycles. The van der Waals surface area contributed by atoms with Crippen molar-refractivity contribution >= 4 is 23.2 Å². The van der Waals surface area contributed by atoms with Crippen molar-refractivity contribution in [1.29, 1.82) is 0 Å². The fraction of sp³-hybridized carbons (Fsp3) is 0.389. The molecule has 1 aliphatic carbocycles. The van der Waals surface area contributed by atoms with Crippen LogP contribution in [-0.4, -0.2) is 40.0 Å². The summed E-state index contributed by atoms with van der Waals surface area (Å²) in [6.45, 7) is 3.20. The van der Waals surface area contributed by atoms with Crippen molar-refractivity contribution in [3.8, 4) is 10.6 Å². The van der Waals surface area contributed by atoms with Gasteiger partial charge in [0.25, 0.3) is 0 Å². The van der Waals surface area contributed by atoms with E-state index in [0.717, 1.165) is 16.3 Å². The number of aryl methyl sites for hydroxylation is 1. The first-order valence-corrected chi connectivity index (χ1v) is 8.93. The van der Waals surface area contributed by atoms with Gasteiger partial charge in [0.15, 0.2) is 0 Å². The number of thiazole rings is 1. The zero-order valence-electron chi connectivity index (χ0n) is 13.3. The average Bonchev–Trinajstić information content (AvgIpc) is 2.90. The van der Waals surface area contributed by atoms with Gasteiger partial charge in [-0.15, -0.1) is 11.3 Å². The van der Waals surface area contributed by atoms with Crippen molar-refractivity contribution in [1.82, 2.24) is 9.88 Å². The van der Waals surface area contributed by atoms with Gasteiger partial charge in [-0.1, -0.05) is 29.8 Å². The Morgan fingerprint density at radius 3 is 2.54 bits per heavy atom. The van der Waals surface area contributed by atoms with E-state index in [1.165, 1.54) is 5.56 Å². The molecule has 1 saturated carbocycles. The van der Waals surface area contributed by atoms with Gasteiger partial charge < -0.3 is 10.0 Å². The van der Waals surface area contributed by atoms with Crippen LogP contribution in [0.3, 0.4) is 0 Å². The zero-order valence-corrected chi connectivity index (χ0v) is 14.1. The Hall–Kier alpha value is -2.21. The first-order valence-electron chi connectivity index (χ1n) is 8.05. The Balaban J connectivity index is 1.37. The van der Waals surface area contributed by atoms with Gasteiger partial charge in [-0.2, -0.15) is 0 Å². The lowest BCUT2D eigenvalue weighted by molar-refractivity contribution is -0.140. The molecule has 5 nitrogen and oxygen atoms in total. The molecule has 1 aromatic carbocycles. The maximum Gasteiger partial charge on any atom is 0.307 e. The molecule has 6 heteroatoms. The van der Waals surface area contributed by atoms with Gasteiger partial charge in [0, 0.05) is 24.0 Å². The molecule has 2 aliphatic rings. The fourth-order valence-corrected chi connectivity index (χ4v) is 4.41. The third kappa shape index (κ3) is 2.71. The molecular weight excluding hydrogens is 324 g/mol. The van der Waals surface area contributed by atoms with E-state index in [0.29, 0.717) is 19.5 Å². The summed E-state index contributed by atoms with van der Waals surface area (Å²) >= 11 is 1.55. The van der Waals surface area contributed by atoms with E-state index in [9.17, 15) is 9.59 Å². The van der Waals surface area contributed by atoms with E-state index in [1.807, 2.05) is 24.4 Å². The van der Waals surface area contributed by atoms with Gasteiger partial charge in [0.1, 0.15) is 5.01 Å². The van der Waals surface area contributed by atoms with Crippen molar-refractivity contribution in [3.05, 3.63) is 40.9 Å². The van der Waals surface area contributed by atoms with Crippen LogP contribution in [-0.2, 0) is 16.0 Å². The number of benzene rings is 1. The maximum atomic E-state index is 12.4. The third-order valence-electron chi connectivity index (χ3n) is 5.01. The van der Waals surface area contributed by atoms with Crippen LogP contribution >= 0.6 is 11.3 Å². The maximum absolute atomic E-state index is 12.4. The molecule has 1 aliphatic heterocycles. The second-order valence-electron chi connectivity index (χ2n) is 6.68. The lowest BCUT2D eigenvalue weighted by Gasteiger charge is -2.18. The number of rotatable bonds is 4. The minimum absolute atomic E-state index is 0.0482. The van der Waals surface area contributed by atoms with Crippen molar-refractivity contribution in [3.63, 3.8) is 0 Å². The lowest BCUT2D eigenvalue weighted by Crippen LogP contribution is -2.33. The highest BCUT2D eigenvalue weighted by Gasteiger charge is 2.60. The summed E-state index contributed by atoms with van der Waals surface area (Å²) in [6.07, 6.45) is 0.291. The lowest BCUT2D eigenvalue weighted by atomic mass is 10.2. The highest BCUT2D eigenvalue weighted by molar-refractivity contribution is 7.13. The molecule has 1 unspecified atom stereocenters. The molecule has 2 fully saturated rings. The number of carbonyl (C=O) groups is 2. The van der Waals surface area contributed by atoms with E-state index in [-0.39, 0.29) is 23.7 Å². The van der Waals surface area contributed by atoms with E-state index < -0.39 is 5.97 Å². The van der Waals surface area contributed by atoms with Crippen molar-refractivity contribution in [2.75, 3.05) is 13.1 Å². The molecular formula is C18H18N2O3S. The summed E-state index contributed by atoms with van der Waals surface area (Å²) < 4.78 is 0. The number of nitrogens with zero attached hydrogens (tertiary/aromatic N) is 2. The Labute approximate surface area is 143 Å². The molecule has 3 atom stereocenters. The van der Waals surface area contributed by atoms with Crippen LogP contribution in [0.5, 0.6) is 0 Å². The monoisotopic (exact) mass is 342 g/mol. The number of carboxylic acid groups (broad SMARTS) is 1. The van der Waals surface area contributed by atoms with E-state index in [2.05, 4.69) is 17.1 Å². The first kappa shape index (κ1) is 15.3. The Bertz CT molecular complexity index is 787. The molecule has 1 saturated heterocycles. The van der Waals surface area contributed by atoms with Gasteiger partial charge >= 0.3 is 5.97 Å². The van der Waals surface area contributed by atoms with Gasteiger partial charge in [-0.25, -0.2) is 4.98 Å². The SMILES string of the molecule is Cc1ccc(-c2nc(CC(=O)N3C[C@@H]4C(C(=O)O)[C@@H]4C3)cs2)cc1. The quantitative estimate of drug-likeness (QED) is 0.926. The molecule has 1 aromatic heterocycles. The van der Waals surface area contributed by atoms with Crippen molar-refractivity contribution in [2.45, 2.75) is 13.3 Å². The first-order chi connectivity index (χ1) is 11.5. The smallest absolute Gasteiger partial charge is 0.307 e. The fourth-order valence-electron chi connectivity index (χ4n) is 3.58. The molecule has 0 bridgehead atoms. The van der Waals surface area contributed by atoms with E-state index in [4.69, 9.17) is 5.11 Å². The second kappa shape index (κ2) is 5.70. The molecule has 24 heavy (non-hydrogen) atoms. The zero-order chi connectivity index (χ0) is 16.8. The molecule has 0 radical (unpaired) electrons. The molecule has 124 valence electrons. The number of piperidine rings is 1. The standard InChI is InChI=1S/C18H18N2O3S/c1-10-2-4-11(5-3-10)17-19-12(9-24-17)6-15(21)20-7-13-14(8-20)16(13)18(22)23/h2-5,9,13-14,16H,6-8H2,1H3,(H,22,23)/t13-,14+,16?. The summed E-state index contributed by atoms with van der Waals surface area (Å²) in [5.74, 6) is -0.595. The number of amides is 1. The summed E-state index contributed by atoms with van der Waals surface area (Å²) in [7, 11) is 0. The summed E-state index contributed by atoms with van der Waals surface area (Å²) in [4.78, 5) is 29.7. The molecule has 4 rings (SSSR count). The Kier molecular flexibility index (Phi) is 3.64. The second-order valence-corrected chi connectivity index (χ2v) is 7.54. The number of carboxylic acids is 1. The minimum atomic E-state index is -0.723. The predicted molar refractivity (Wildman–Crippen MR) is 90.7 cm³/mol. The van der Waals surface area contributed by atoms with E-state index >= 15 is 0 Å². The van der Waals surface area contributed by atoms with Gasteiger partial charge in [-0.05, 0) is 18.8 Å². The van der Waals surface area contributed by atoms with Gasteiger partial charge in [-0.3, -0.25) is 9.59 Å². The van der Waals surface area contributed by atoms with Gasteiger partial charge in [0.05, 0.1) is 18.0 Å². The summed E-state index contributed by atoms with van der Waals surface area (Å²) in [6, 6.07) is 8.19. The number of fused-ring (bicyclic) bond motifs is 1. The Morgan fingerprint density at radius 2 is 1.92 bits per heavy atom. The number of carbonyl (C=O) groups excluding carboxylic acids is 1. The highest BCUT2D eigenvalue weighted by atomic mass is 32.1. The summed E-state index contributed by atoms with van der Waals surface area (Å²) in [5, 5.41) is 11.9. The number of aliphatic carboxylic acids is 1. The van der Waals surface area contributed by atoms with Crippen molar-refractivity contribution < 1.29 is 14.7 Å². The van der Waals surface area contributed by atoms with E-state index in [1.54, 1.807) is 16.2 Å². The number of hydrogen-bond acceptors (Lipinski definition) is 4. The van der Waals surface area contributed by atoms with Crippen LogP contribution in [0.25, 0.3) is 10.6 Å². The van der Waals surface area contributed by atoms with Crippen molar-refractivity contribution in [2.24, 2.45) is 17.8 Å². The largest absolute Gasteiger partial charge is 0.481 e. The number of aromatic nitrogens is 1. The minimum Gasteiger partial charge on any atom is -0.481 e. The molecule has 1 amide bonds. The predicted octanol–water partition coefficient (Wildman–Crippen LogP) is 2.45. The van der Waals surface area contributed by atoms with Crippen LogP contribution in [0.4, 0.5) is 0 Å². The van der Waals surface area contributed by atoms with Crippen LogP contribution < -0.4 is 0 Å². The third-order valence-corrected chi connectivity index (χ3v) is 5.95. The topological polar surface area (TPSA) is 70.5 Å². The molecule has 0 spiro atoms. The number of hydrogen-bond donors (Lipinski definition) is 1. The highest BCUT2D eigenvalue weighted by Crippen LogP contribution is 2.51. The van der Waals surface area contributed by atoms with Crippen LogP contribution in [0.2, 0.25) is 0 Å². The number of likely N-dealkylation sites (tertiary alicyclic amines) is 1. The van der Waals surface area contributed by atoms with Crippen LogP contribution in [0.1, 0.15) is 11.3 Å².